The van der Waals surface area contributed by atoms with Crippen LogP contribution < -0.4 is 10.5 Å². The zero-order chi connectivity index (χ0) is 16.1. The number of rotatable bonds is 6. The van der Waals surface area contributed by atoms with Crippen LogP contribution in [0.4, 0.5) is 0 Å². The topological polar surface area (TPSA) is 55.5 Å². The van der Waals surface area contributed by atoms with Gasteiger partial charge < -0.3 is 15.6 Å². The molecular weight excluding hydrogens is 274 g/mol. The van der Waals surface area contributed by atoms with E-state index in [1.165, 1.54) is 5.56 Å². The third-order valence-electron chi connectivity index (χ3n) is 4.17. The average molecular weight is 299 g/mol. The van der Waals surface area contributed by atoms with E-state index in [9.17, 15) is 5.11 Å². The summed E-state index contributed by atoms with van der Waals surface area (Å²) >= 11 is 0. The number of hydrogen-bond donors (Lipinski definition) is 2. The Labute approximate surface area is 132 Å². The summed E-state index contributed by atoms with van der Waals surface area (Å²) in [5.74, 6) is 0.999. The molecule has 2 aromatic rings. The predicted octanol–water partition coefficient (Wildman–Crippen LogP) is 3.24. The Morgan fingerprint density at radius 1 is 1.09 bits per heavy atom. The van der Waals surface area contributed by atoms with E-state index in [1.54, 1.807) is 7.11 Å². The summed E-state index contributed by atoms with van der Waals surface area (Å²) in [7, 11) is 1.67. The lowest BCUT2D eigenvalue weighted by atomic mass is 9.88. The summed E-state index contributed by atoms with van der Waals surface area (Å²) in [5.41, 5.74) is 9.43. The van der Waals surface area contributed by atoms with Gasteiger partial charge in [0.1, 0.15) is 5.75 Å². The van der Waals surface area contributed by atoms with Crippen LogP contribution in [-0.4, -0.2) is 18.3 Å². The summed E-state index contributed by atoms with van der Waals surface area (Å²) in [6.45, 7) is 4.09. The molecule has 0 aliphatic carbocycles. The summed E-state index contributed by atoms with van der Waals surface area (Å²) in [6.07, 6.45) is 0.110. The highest BCUT2D eigenvalue weighted by molar-refractivity contribution is 5.33. The Kier molecular flexibility index (Phi) is 5.58. The van der Waals surface area contributed by atoms with Crippen molar-refractivity contribution in [2.24, 2.45) is 11.7 Å². The third-order valence-corrected chi connectivity index (χ3v) is 4.17. The van der Waals surface area contributed by atoms with Crippen LogP contribution in [0, 0.1) is 12.8 Å². The van der Waals surface area contributed by atoms with Crippen LogP contribution in [-0.2, 0) is 6.42 Å². The zero-order valence-electron chi connectivity index (χ0n) is 13.5. The second-order valence-corrected chi connectivity index (χ2v) is 5.93. The van der Waals surface area contributed by atoms with Gasteiger partial charge in [-0.1, -0.05) is 55.0 Å². The lowest BCUT2D eigenvalue weighted by Gasteiger charge is -2.26. The molecule has 0 aliphatic rings. The third kappa shape index (κ3) is 3.87. The molecule has 0 radical (unpaired) electrons. The van der Waals surface area contributed by atoms with E-state index in [2.05, 4.69) is 6.92 Å². The van der Waals surface area contributed by atoms with E-state index in [0.717, 1.165) is 23.3 Å². The SMILES string of the molecule is COc1ccccc1CC(C)C(N)C(O)c1ccc(C)cc1. The van der Waals surface area contributed by atoms with E-state index in [4.69, 9.17) is 10.5 Å². The molecule has 3 unspecified atom stereocenters. The number of benzene rings is 2. The van der Waals surface area contributed by atoms with E-state index in [1.807, 2.05) is 55.5 Å². The summed E-state index contributed by atoms with van der Waals surface area (Å²) in [6, 6.07) is 15.5. The van der Waals surface area contributed by atoms with Gasteiger partial charge in [0.15, 0.2) is 0 Å². The first-order chi connectivity index (χ1) is 10.5. The quantitative estimate of drug-likeness (QED) is 0.861. The number of methoxy groups -OCH3 is 1. The zero-order valence-corrected chi connectivity index (χ0v) is 13.5. The van der Waals surface area contributed by atoms with Gasteiger partial charge in [-0.05, 0) is 36.5 Å². The lowest BCUT2D eigenvalue weighted by Crippen LogP contribution is -2.36. The first-order valence-corrected chi connectivity index (χ1v) is 7.65. The highest BCUT2D eigenvalue weighted by atomic mass is 16.5. The van der Waals surface area contributed by atoms with Crippen molar-refractivity contribution in [1.82, 2.24) is 0 Å². The van der Waals surface area contributed by atoms with Crippen molar-refractivity contribution in [2.45, 2.75) is 32.4 Å². The smallest absolute Gasteiger partial charge is 0.122 e. The van der Waals surface area contributed by atoms with Crippen molar-refractivity contribution in [3.8, 4) is 5.75 Å². The molecule has 0 fully saturated rings. The predicted molar refractivity (Wildman–Crippen MR) is 90.0 cm³/mol. The largest absolute Gasteiger partial charge is 0.496 e. The Balaban J connectivity index is 2.08. The minimum atomic E-state index is -0.662. The Hall–Kier alpha value is -1.84. The first kappa shape index (κ1) is 16.5. The maximum atomic E-state index is 10.5. The molecule has 3 N–H and O–H groups in total. The van der Waals surface area contributed by atoms with E-state index in [0.29, 0.717) is 0 Å². The van der Waals surface area contributed by atoms with Crippen LogP contribution in [0.5, 0.6) is 5.75 Å². The van der Waals surface area contributed by atoms with Gasteiger partial charge in [-0.25, -0.2) is 0 Å². The van der Waals surface area contributed by atoms with Crippen LogP contribution in [0.15, 0.2) is 48.5 Å². The number of ether oxygens (including phenoxy) is 1. The van der Waals surface area contributed by atoms with Crippen LogP contribution in [0.1, 0.15) is 29.7 Å². The minimum absolute atomic E-state index is 0.132. The molecule has 0 saturated carbocycles. The normalized spacial score (nSPS) is 15.1. The number of aryl methyl sites for hydroxylation is 1. The second kappa shape index (κ2) is 7.43. The molecule has 0 amide bonds. The first-order valence-electron chi connectivity index (χ1n) is 7.65. The molecule has 3 nitrogen and oxygen atoms in total. The molecule has 0 heterocycles. The Morgan fingerprint density at radius 3 is 2.36 bits per heavy atom. The van der Waals surface area contributed by atoms with Gasteiger partial charge in [0.2, 0.25) is 0 Å². The van der Waals surface area contributed by atoms with E-state index in [-0.39, 0.29) is 12.0 Å². The Bertz CT molecular complexity index is 595. The fourth-order valence-electron chi connectivity index (χ4n) is 2.65. The van der Waals surface area contributed by atoms with Gasteiger partial charge in [-0.15, -0.1) is 0 Å². The monoisotopic (exact) mass is 299 g/mol. The molecule has 0 aliphatic heterocycles. The van der Waals surface area contributed by atoms with Crippen molar-refractivity contribution < 1.29 is 9.84 Å². The van der Waals surface area contributed by atoms with E-state index < -0.39 is 6.10 Å². The molecule has 22 heavy (non-hydrogen) atoms. The van der Waals surface area contributed by atoms with Crippen LogP contribution in [0.3, 0.4) is 0 Å². The van der Waals surface area contributed by atoms with Crippen LogP contribution >= 0.6 is 0 Å². The van der Waals surface area contributed by atoms with Crippen molar-refractivity contribution in [3.63, 3.8) is 0 Å². The maximum Gasteiger partial charge on any atom is 0.122 e. The van der Waals surface area contributed by atoms with Crippen molar-refractivity contribution in [3.05, 3.63) is 65.2 Å². The fourth-order valence-corrected chi connectivity index (χ4v) is 2.65. The lowest BCUT2D eigenvalue weighted by molar-refractivity contribution is 0.121. The van der Waals surface area contributed by atoms with Crippen LogP contribution in [0.2, 0.25) is 0 Å². The van der Waals surface area contributed by atoms with Gasteiger partial charge in [-0.2, -0.15) is 0 Å². The number of aliphatic hydroxyl groups excluding tert-OH is 1. The molecule has 2 rings (SSSR count). The standard InChI is InChI=1S/C19H25NO2/c1-13-8-10-15(11-9-13)19(21)18(20)14(2)12-16-6-4-5-7-17(16)22-3/h4-11,14,18-19,21H,12,20H2,1-3H3. The number of para-hydroxylation sites is 1. The van der Waals surface area contributed by atoms with Crippen molar-refractivity contribution in [1.29, 1.82) is 0 Å². The maximum absolute atomic E-state index is 10.5. The summed E-state index contributed by atoms with van der Waals surface area (Å²) in [5, 5.41) is 10.5. The Morgan fingerprint density at radius 2 is 1.73 bits per heavy atom. The van der Waals surface area contributed by atoms with Gasteiger partial charge in [0.25, 0.3) is 0 Å². The van der Waals surface area contributed by atoms with Gasteiger partial charge in [0.05, 0.1) is 13.2 Å². The van der Waals surface area contributed by atoms with Gasteiger partial charge in [0, 0.05) is 6.04 Å². The van der Waals surface area contributed by atoms with Gasteiger partial charge in [-0.3, -0.25) is 0 Å². The highest BCUT2D eigenvalue weighted by Crippen LogP contribution is 2.26. The molecule has 0 spiro atoms. The number of hydrogen-bond acceptors (Lipinski definition) is 3. The fraction of sp³-hybridized carbons (Fsp3) is 0.368. The number of nitrogens with two attached hydrogens (primary N) is 1. The molecular formula is C19H25NO2. The highest BCUT2D eigenvalue weighted by Gasteiger charge is 2.23. The molecule has 0 aromatic heterocycles. The second-order valence-electron chi connectivity index (χ2n) is 5.93. The van der Waals surface area contributed by atoms with E-state index >= 15 is 0 Å². The average Bonchev–Trinajstić information content (AvgIpc) is 2.54. The molecule has 0 saturated heterocycles. The molecule has 0 bridgehead atoms. The van der Waals surface area contributed by atoms with Crippen molar-refractivity contribution in [2.75, 3.05) is 7.11 Å². The van der Waals surface area contributed by atoms with Crippen molar-refractivity contribution >= 4 is 0 Å². The number of aliphatic hydroxyl groups is 1. The summed E-state index contributed by atoms with van der Waals surface area (Å²) in [4.78, 5) is 0. The van der Waals surface area contributed by atoms with Gasteiger partial charge >= 0.3 is 0 Å². The van der Waals surface area contributed by atoms with Crippen LogP contribution in [0.25, 0.3) is 0 Å². The minimum Gasteiger partial charge on any atom is -0.496 e. The molecule has 2 aromatic carbocycles. The molecule has 118 valence electrons. The summed E-state index contributed by atoms with van der Waals surface area (Å²) < 4.78 is 5.38. The molecule has 3 heteroatoms. The molecule has 3 atom stereocenters.